The predicted octanol–water partition coefficient (Wildman–Crippen LogP) is 2.21. The largest absolute Gasteiger partial charge is 1.00 e. The topological polar surface area (TPSA) is 62.2 Å². The van der Waals surface area contributed by atoms with E-state index in [-0.39, 0.29) is 35.4 Å². The van der Waals surface area contributed by atoms with Gasteiger partial charge in [-0.25, -0.2) is 9.37 Å². The number of aliphatic carboxylic acids is 1. The van der Waals surface area contributed by atoms with Crippen molar-refractivity contribution < 1.29 is 48.6 Å². The molecule has 0 N–H and O–H groups in total. The van der Waals surface area contributed by atoms with Crippen LogP contribution in [0.4, 0.5) is 4.39 Å². The minimum atomic E-state index is -1.33. The number of halogens is 3. The monoisotopic (exact) mass is 499 g/mol. The molecule has 0 aliphatic rings. The van der Waals surface area contributed by atoms with Crippen molar-refractivity contribution in [2.24, 2.45) is 0 Å². The normalized spacial score (nSPS) is 10.7. The fraction of sp³-hybridized carbons (Fsp3) is 0.130. The quantitative estimate of drug-likeness (QED) is 0.256. The van der Waals surface area contributed by atoms with Gasteiger partial charge in [0.1, 0.15) is 17.3 Å². The summed E-state index contributed by atoms with van der Waals surface area (Å²) in [6.07, 6.45) is 2.79. The standard InChI is InChI=1S/C23H18Cl2FNO3S.Na/c24-18-2-1-3-19(25)23(18)31-14-17-8-10-21(20(27-17)9-11-22(28)29)30-13-12-15-4-6-16(26)7-5-15;/h1-11H,12-14H2,(H,28,29);/q;+1/p-1/b11-9+;. The van der Waals surface area contributed by atoms with Gasteiger partial charge in [-0.2, -0.15) is 0 Å². The average molecular weight is 500 g/mol. The zero-order chi connectivity index (χ0) is 22.2. The third-order valence-electron chi connectivity index (χ3n) is 4.17. The molecule has 0 radical (unpaired) electrons. The van der Waals surface area contributed by atoms with Crippen molar-refractivity contribution in [3.8, 4) is 5.75 Å². The number of hydrogen-bond donors (Lipinski definition) is 0. The van der Waals surface area contributed by atoms with Crippen molar-refractivity contribution in [2.75, 3.05) is 6.61 Å². The molecule has 1 aromatic heterocycles. The van der Waals surface area contributed by atoms with E-state index in [1.807, 2.05) is 0 Å². The first kappa shape index (κ1) is 26.7. The number of benzene rings is 2. The maximum atomic E-state index is 13.0. The number of hydrogen-bond acceptors (Lipinski definition) is 5. The Morgan fingerprint density at radius 1 is 1.09 bits per heavy atom. The average Bonchev–Trinajstić information content (AvgIpc) is 2.74. The third kappa shape index (κ3) is 8.10. The van der Waals surface area contributed by atoms with Crippen LogP contribution in [0, 0.1) is 5.82 Å². The Morgan fingerprint density at radius 3 is 2.44 bits per heavy atom. The second-order valence-electron chi connectivity index (χ2n) is 6.40. The Hall–Kier alpha value is -1.54. The van der Waals surface area contributed by atoms with Crippen LogP contribution in [0.5, 0.6) is 5.75 Å². The minimum Gasteiger partial charge on any atom is -0.545 e. The molecule has 32 heavy (non-hydrogen) atoms. The van der Waals surface area contributed by atoms with Gasteiger partial charge < -0.3 is 14.6 Å². The molecule has 0 aliphatic carbocycles. The molecule has 0 saturated carbocycles. The first-order valence-corrected chi connectivity index (χ1v) is 11.0. The maximum absolute atomic E-state index is 13.0. The number of rotatable bonds is 9. The van der Waals surface area contributed by atoms with Crippen LogP contribution >= 0.6 is 35.0 Å². The summed E-state index contributed by atoms with van der Waals surface area (Å²) in [5.41, 5.74) is 1.99. The second-order valence-corrected chi connectivity index (χ2v) is 8.20. The molecule has 0 atom stereocenters. The van der Waals surface area contributed by atoms with E-state index >= 15 is 0 Å². The summed E-state index contributed by atoms with van der Waals surface area (Å²) in [6.45, 7) is 0.322. The van der Waals surface area contributed by atoms with Gasteiger partial charge in [0.2, 0.25) is 0 Å². The molecular formula is C23H17Cl2FNNaO3S. The fourth-order valence-corrected chi connectivity index (χ4v) is 4.26. The van der Waals surface area contributed by atoms with Crippen LogP contribution < -0.4 is 39.4 Å². The first-order chi connectivity index (χ1) is 14.9. The van der Waals surface area contributed by atoms with Gasteiger partial charge in [-0.1, -0.05) is 41.4 Å². The Labute approximate surface area is 222 Å². The minimum absolute atomic E-state index is 0. The Morgan fingerprint density at radius 2 is 1.78 bits per heavy atom. The maximum Gasteiger partial charge on any atom is 1.00 e. The van der Waals surface area contributed by atoms with Gasteiger partial charge in [0, 0.05) is 17.1 Å². The molecule has 0 fully saturated rings. The van der Waals surface area contributed by atoms with Crippen molar-refractivity contribution in [3.63, 3.8) is 0 Å². The van der Waals surface area contributed by atoms with Gasteiger partial charge in [-0.05, 0) is 54.1 Å². The van der Waals surface area contributed by atoms with Crippen LogP contribution in [-0.2, 0) is 17.0 Å². The molecule has 160 valence electrons. The zero-order valence-corrected chi connectivity index (χ0v) is 21.5. The van der Waals surface area contributed by atoms with Gasteiger partial charge in [-0.3, -0.25) is 0 Å². The van der Waals surface area contributed by atoms with E-state index in [1.54, 1.807) is 42.5 Å². The predicted molar refractivity (Wildman–Crippen MR) is 120 cm³/mol. The van der Waals surface area contributed by atoms with E-state index in [1.165, 1.54) is 30.0 Å². The van der Waals surface area contributed by atoms with Crippen molar-refractivity contribution in [1.29, 1.82) is 0 Å². The molecule has 0 bridgehead atoms. The fourth-order valence-electron chi connectivity index (χ4n) is 2.67. The van der Waals surface area contributed by atoms with Crippen LogP contribution in [0.15, 0.2) is 65.6 Å². The molecule has 0 aliphatic heterocycles. The summed E-state index contributed by atoms with van der Waals surface area (Å²) in [6, 6.07) is 15.0. The summed E-state index contributed by atoms with van der Waals surface area (Å²) < 4.78 is 18.8. The Balaban J connectivity index is 0.00000363. The molecule has 0 saturated heterocycles. The van der Waals surface area contributed by atoms with Crippen LogP contribution in [0.3, 0.4) is 0 Å². The number of ether oxygens (including phenoxy) is 1. The van der Waals surface area contributed by atoms with Crippen molar-refractivity contribution >= 4 is 47.0 Å². The summed E-state index contributed by atoms with van der Waals surface area (Å²) >= 11 is 13.8. The molecule has 0 amide bonds. The van der Waals surface area contributed by atoms with Crippen molar-refractivity contribution in [2.45, 2.75) is 17.1 Å². The van der Waals surface area contributed by atoms with E-state index in [4.69, 9.17) is 27.9 Å². The van der Waals surface area contributed by atoms with Crippen molar-refractivity contribution in [3.05, 3.63) is 93.5 Å². The molecule has 1 heterocycles. The number of carboxylic acid groups (broad SMARTS) is 1. The van der Waals surface area contributed by atoms with Crippen molar-refractivity contribution in [1.82, 2.24) is 4.98 Å². The number of aromatic nitrogens is 1. The van der Waals surface area contributed by atoms with E-state index in [0.29, 0.717) is 46.0 Å². The van der Waals surface area contributed by atoms with Crippen LogP contribution in [0.25, 0.3) is 6.08 Å². The Bertz CT molecular complexity index is 1080. The van der Waals surface area contributed by atoms with Crippen LogP contribution in [-0.4, -0.2) is 17.6 Å². The zero-order valence-electron chi connectivity index (χ0n) is 17.2. The van der Waals surface area contributed by atoms with E-state index < -0.39 is 5.97 Å². The number of thioether (sulfide) groups is 1. The molecule has 3 aromatic rings. The first-order valence-electron chi connectivity index (χ1n) is 9.25. The summed E-state index contributed by atoms with van der Waals surface area (Å²) in [7, 11) is 0. The van der Waals surface area contributed by atoms with Crippen LogP contribution in [0.1, 0.15) is 17.0 Å². The van der Waals surface area contributed by atoms with Gasteiger partial charge in [0.15, 0.2) is 0 Å². The molecule has 2 aromatic carbocycles. The second kappa shape index (κ2) is 13.2. The van der Waals surface area contributed by atoms with E-state index in [9.17, 15) is 14.3 Å². The van der Waals surface area contributed by atoms with Gasteiger partial charge >= 0.3 is 29.6 Å². The molecule has 9 heteroatoms. The number of carboxylic acids is 1. The van der Waals surface area contributed by atoms with E-state index in [0.717, 1.165) is 16.5 Å². The number of carbonyl (C=O) groups excluding carboxylic acids is 1. The number of carbonyl (C=O) groups is 1. The summed E-state index contributed by atoms with van der Waals surface area (Å²) in [5.74, 6) is -0.716. The molecule has 0 unspecified atom stereocenters. The molecule has 0 spiro atoms. The molecule has 4 nitrogen and oxygen atoms in total. The molecular weight excluding hydrogens is 483 g/mol. The van der Waals surface area contributed by atoms with E-state index in [2.05, 4.69) is 4.98 Å². The SMILES string of the molecule is O=C([O-])/C=C/c1nc(CSc2c(Cl)cccc2Cl)ccc1OCCc1ccc(F)cc1.[Na+]. The molecule has 3 rings (SSSR count). The van der Waals surface area contributed by atoms with Crippen LogP contribution in [0.2, 0.25) is 10.0 Å². The van der Waals surface area contributed by atoms with Gasteiger partial charge in [0.25, 0.3) is 0 Å². The van der Waals surface area contributed by atoms with Gasteiger partial charge in [0.05, 0.1) is 28.3 Å². The smallest absolute Gasteiger partial charge is 0.545 e. The Kier molecular flexibility index (Phi) is 11.0. The third-order valence-corrected chi connectivity index (χ3v) is 6.19. The summed E-state index contributed by atoms with van der Waals surface area (Å²) in [4.78, 5) is 16.1. The summed E-state index contributed by atoms with van der Waals surface area (Å²) in [5, 5.41) is 12.0. The number of nitrogens with zero attached hydrogens (tertiary/aromatic N) is 1. The number of pyridine rings is 1. The van der Waals surface area contributed by atoms with Gasteiger partial charge in [-0.15, -0.1) is 11.8 Å².